The number of benzene rings is 1. The highest BCUT2D eigenvalue weighted by Crippen LogP contribution is 2.28. The smallest absolute Gasteiger partial charge is 0.222 e. The lowest BCUT2D eigenvalue weighted by atomic mass is 10.0. The van der Waals surface area contributed by atoms with Crippen LogP contribution in [0, 0.1) is 13.8 Å². The van der Waals surface area contributed by atoms with Gasteiger partial charge in [0.2, 0.25) is 5.88 Å². The molecular formula is C22H27N5OS. The molecule has 1 aliphatic heterocycles. The van der Waals surface area contributed by atoms with Crippen LogP contribution in [0.25, 0.3) is 0 Å². The van der Waals surface area contributed by atoms with Gasteiger partial charge in [-0.05, 0) is 56.9 Å². The van der Waals surface area contributed by atoms with Crippen molar-refractivity contribution in [1.29, 1.82) is 0 Å². The Morgan fingerprint density at radius 2 is 2.07 bits per heavy atom. The second kappa shape index (κ2) is 8.47. The molecule has 7 heteroatoms. The van der Waals surface area contributed by atoms with Crippen molar-refractivity contribution in [2.75, 3.05) is 18.9 Å². The first-order valence-electron chi connectivity index (χ1n) is 9.98. The van der Waals surface area contributed by atoms with E-state index in [1.807, 2.05) is 39.2 Å². The number of aryl methyl sites for hydroxylation is 2. The number of aromatic nitrogens is 3. The highest BCUT2D eigenvalue weighted by molar-refractivity contribution is 7.15. The summed E-state index contributed by atoms with van der Waals surface area (Å²) in [5, 5.41) is 4.10. The molecule has 1 aromatic carbocycles. The quantitative estimate of drug-likeness (QED) is 0.675. The molecule has 0 bridgehead atoms. The van der Waals surface area contributed by atoms with Crippen molar-refractivity contribution in [3.8, 4) is 11.6 Å². The van der Waals surface area contributed by atoms with Gasteiger partial charge in [0.1, 0.15) is 11.6 Å². The molecule has 29 heavy (non-hydrogen) atoms. The molecular weight excluding hydrogens is 382 g/mol. The van der Waals surface area contributed by atoms with Crippen LogP contribution in [0.3, 0.4) is 0 Å². The fourth-order valence-corrected chi connectivity index (χ4v) is 4.61. The molecule has 0 saturated heterocycles. The zero-order chi connectivity index (χ0) is 20.4. The van der Waals surface area contributed by atoms with Gasteiger partial charge in [-0.15, -0.1) is 11.3 Å². The van der Waals surface area contributed by atoms with Crippen molar-refractivity contribution >= 4 is 16.5 Å². The maximum Gasteiger partial charge on any atom is 0.222 e. The minimum Gasteiger partial charge on any atom is -0.439 e. The Balaban J connectivity index is 1.48. The Morgan fingerprint density at radius 3 is 2.83 bits per heavy atom. The van der Waals surface area contributed by atoms with Gasteiger partial charge in [0, 0.05) is 49.0 Å². The standard InChI is InChI=1S/C22H27N5OS/c1-14-9-21(26-16(3)25-14)28-19-6-5-17-7-8-27(15(2)10-18(17)11-19)13-20-12-24-22(23-4)29-20/h5-6,9,11-12,15H,7-8,10,13H2,1-4H3,(H,23,24)/t15-/m0/s1. The van der Waals surface area contributed by atoms with Crippen molar-refractivity contribution in [2.45, 2.75) is 46.2 Å². The van der Waals surface area contributed by atoms with E-state index in [0.717, 1.165) is 48.3 Å². The summed E-state index contributed by atoms with van der Waals surface area (Å²) in [7, 11) is 1.91. The molecule has 152 valence electrons. The summed E-state index contributed by atoms with van der Waals surface area (Å²) in [6.07, 6.45) is 4.04. The molecule has 4 rings (SSSR count). The molecule has 2 aromatic heterocycles. The third-order valence-corrected chi connectivity index (χ3v) is 6.28. The summed E-state index contributed by atoms with van der Waals surface area (Å²) in [6, 6.07) is 8.75. The molecule has 6 nitrogen and oxygen atoms in total. The van der Waals surface area contributed by atoms with Crippen LogP contribution in [-0.2, 0) is 19.4 Å². The van der Waals surface area contributed by atoms with Gasteiger partial charge in [-0.1, -0.05) is 6.07 Å². The lowest BCUT2D eigenvalue weighted by Crippen LogP contribution is -2.33. The Morgan fingerprint density at radius 1 is 1.21 bits per heavy atom. The summed E-state index contributed by atoms with van der Waals surface area (Å²) < 4.78 is 6.04. The third kappa shape index (κ3) is 4.74. The normalized spacial score (nSPS) is 16.9. The summed E-state index contributed by atoms with van der Waals surface area (Å²) in [4.78, 5) is 17.0. The van der Waals surface area contributed by atoms with Gasteiger partial charge in [0.05, 0.1) is 0 Å². The van der Waals surface area contributed by atoms with Crippen LogP contribution in [0.1, 0.15) is 34.4 Å². The predicted octanol–water partition coefficient (Wildman–Crippen LogP) is 4.37. The predicted molar refractivity (Wildman–Crippen MR) is 117 cm³/mol. The Labute approximate surface area is 176 Å². The van der Waals surface area contributed by atoms with Crippen LogP contribution in [0.15, 0.2) is 30.5 Å². The Bertz CT molecular complexity index is 982. The second-order valence-electron chi connectivity index (χ2n) is 7.58. The van der Waals surface area contributed by atoms with E-state index in [1.54, 1.807) is 11.3 Å². The average molecular weight is 410 g/mol. The highest BCUT2D eigenvalue weighted by Gasteiger charge is 2.22. The highest BCUT2D eigenvalue weighted by atomic mass is 32.1. The van der Waals surface area contributed by atoms with E-state index in [4.69, 9.17) is 4.74 Å². The Hall–Kier alpha value is -2.51. The van der Waals surface area contributed by atoms with Gasteiger partial charge < -0.3 is 10.1 Å². The second-order valence-corrected chi connectivity index (χ2v) is 8.70. The van der Waals surface area contributed by atoms with Crippen molar-refractivity contribution in [1.82, 2.24) is 19.9 Å². The molecule has 3 aromatic rings. The number of thiazole rings is 1. The molecule has 1 atom stereocenters. The number of hydrogen-bond donors (Lipinski definition) is 1. The molecule has 3 heterocycles. The fraction of sp³-hybridized carbons (Fsp3) is 0.409. The molecule has 0 saturated carbocycles. The number of nitrogens with zero attached hydrogens (tertiary/aromatic N) is 4. The zero-order valence-corrected chi connectivity index (χ0v) is 18.2. The van der Waals surface area contributed by atoms with E-state index in [2.05, 4.69) is 44.2 Å². The minimum atomic E-state index is 0.454. The van der Waals surface area contributed by atoms with Crippen LogP contribution >= 0.6 is 11.3 Å². The summed E-state index contributed by atoms with van der Waals surface area (Å²) in [5.41, 5.74) is 3.68. The van der Waals surface area contributed by atoms with Gasteiger partial charge in [-0.2, -0.15) is 4.98 Å². The number of nitrogens with one attached hydrogen (secondary N) is 1. The topological polar surface area (TPSA) is 63.2 Å². The number of rotatable bonds is 5. The molecule has 0 fully saturated rings. The number of anilines is 1. The van der Waals surface area contributed by atoms with Crippen molar-refractivity contribution in [3.05, 3.63) is 58.0 Å². The van der Waals surface area contributed by atoms with Crippen LogP contribution in [-0.4, -0.2) is 39.5 Å². The van der Waals surface area contributed by atoms with Gasteiger partial charge in [-0.25, -0.2) is 9.97 Å². The maximum absolute atomic E-state index is 6.04. The van der Waals surface area contributed by atoms with Crippen molar-refractivity contribution < 1.29 is 4.74 Å². The van der Waals surface area contributed by atoms with Crippen LogP contribution in [0.5, 0.6) is 11.6 Å². The van der Waals surface area contributed by atoms with E-state index in [1.165, 1.54) is 16.0 Å². The molecule has 0 radical (unpaired) electrons. The zero-order valence-electron chi connectivity index (χ0n) is 17.4. The molecule has 0 amide bonds. The molecule has 1 aliphatic rings. The Kier molecular flexibility index (Phi) is 5.78. The summed E-state index contributed by atoms with van der Waals surface area (Å²) in [5.74, 6) is 2.16. The summed E-state index contributed by atoms with van der Waals surface area (Å²) in [6.45, 7) is 8.13. The van der Waals surface area contributed by atoms with E-state index in [0.29, 0.717) is 11.9 Å². The first-order valence-corrected chi connectivity index (χ1v) is 10.8. The third-order valence-electron chi connectivity index (χ3n) is 5.28. The van der Waals surface area contributed by atoms with Crippen LogP contribution in [0.2, 0.25) is 0 Å². The largest absolute Gasteiger partial charge is 0.439 e. The number of ether oxygens (including phenoxy) is 1. The van der Waals surface area contributed by atoms with Gasteiger partial charge in [0.25, 0.3) is 0 Å². The maximum atomic E-state index is 6.04. The number of hydrogen-bond acceptors (Lipinski definition) is 7. The van der Waals surface area contributed by atoms with E-state index in [9.17, 15) is 0 Å². The SMILES string of the molecule is CNc1ncc(CN2CCc3ccc(Oc4cc(C)nc(C)n4)cc3C[C@@H]2C)s1. The molecule has 1 N–H and O–H groups in total. The first-order chi connectivity index (χ1) is 14.0. The van der Waals surface area contributed by atoms with Gasteiger partial charge in [0.15, 0.2) is 5.13 Å². The number of fused-ring (bicyclic) bond motifs is 1. The first kappa shape index (κ1) is 19.8. The van der Waals surface area contributed by atoms with E-state index < -0.39 is 0 Å². The lowest BCUT2D eigenvalue weighted by molar-refractivity contribution is 0.209. The van der Waals surface area contributed by atoms with Gasteiger partial charge in [-0.3, -0.25) is 4.90 Å². The molecule has 0 spiro atoms. The van der Waals surface area contributed by atoms with Crippen LogP contribution < -0.4 is 10.1 Å². The molecule has 0 unspecified atom stereocenters. The van der Waals surface area contributed by atoms with Crippen molar-refractivity contribution in [3.63, 3.8) is 0 Å². The van der Waals surface area contributed by atoms with Crippen LogP contribution in [0.4, 0.5) is 5.13 Å². The van der Waals surface area contributed by atoms with Gasteiger partial charge >= 0.3 is 0 Å². The van der Waals surface area contributed by atoms with Crippen molar-refractivity contribution in [2.24, 2.45) is 0 Å². The monoisotopic (exact) mass is 409 g/mol. The lowest BCUT2D eigenvalue weighted by Gasteiger charge is -2.26. The fourth-order valence-electron chi connectivity index (χ4n) is 3.82. The van der Waals surface area contributed by atoms with E-state index in [-0.39, 0.29) is 0 Å². The minimum absolute atomic E-state index is 0.454. The average Bonchev–Trinajstić information content (AvgIpc) is 3.06. The molecule has 0 aliphatic carbocycles. The van der Waals surface area contributed by atoms with E-state index >= 15 is 0 Å². The summed E-state index contributed by atoms with van der Waals surface area (Å²) >= 11 is 1.73.